The molecule has 0 spiro atoms. The van der Waals surface area contributed by atoms with E-state index in [1.165, 1.54) is 0 Å². The molecule has 12 heavy (non-hydrogen) atoms. The average Bonchev–Trinajstić information content (AvgIpc) is 2.29. The predicted molar refractivity (Wildman–Crippen MR) is 49.1 cm³/mol. The Morgan fingerprint density at radius 1 is 1.33 bits per heavy atom. The highest BCUT2D eigenvalue weighted by molar-refractivity contribution is 4.93. The lowest BCUT2D eigenvalue weighted by Gasteiger charge is -2.19. The number of aryl methyl sites for hydroxylation is 2. The Balaban J connectivity index is 3.08. The molecule has 1 aromatic heterocycles. The molecule has 68 valence electrons. The third-order valence-electron chi connectivity index (χ3n) is 1.76. The van der Waals surface area contributed by atoms with Gasteiger partial charge in [-0.1, -0.05) is 6.92 Å². The van der Waals surface area contributed by atoms with Crippen LogP contribution in [0.4, 0.5) is 0 Å². The molecular weight excluding hydrogens is 150 g/mol. The molecule has 0 saturated heterocycles. The Kier molecular flexibility index (Phi) is 2.22. The summed E-state index contributed by atoms with van der Waals surface area (Å²) in [6.07, 6.45) is 0.907. The second-order valence-electron chi connectivity index (χ2n) is 4.01. The predicted octanol–water partition coefficient (Wildman–Crippen LogP) is 1.90. The van der Waals surface area contributed by atoms with E-state index in [0.29, 0.717) is 0 Å². The summed E-state index contributed by atoms with van der Waals surface area (Å²) >= 11 is 0. The van der Waals surface area contributed by atoms with E-state index in [0.717, 1.165) is 18.1 Å². The van der Waals surface area contributed by atoms with Crippen LogP contribution in [0, 0.1) is 6.92 Å². The molecular formula is C9H17N3. The van der Waals surface area contributed by atoms with E-state index in [-0.39, 0.29) is 5.54 Å². The lowest BCUT2D eigenvalue weighted by atomic mass is 10.1. The van der Waals surface area contributed by atoms with Gasteiger partial charge in [0.05, 0.1) is 5.54 Å². The van der Waals surface area contributed by atoms with Crippen LogP contribution in [0.15, 0.2) is 0 Å². The molecule has 0 atom stereocenters. The van der Waals surface area contributed by atoms with Crippen LogP contribution in [0.5, 0.6) is 0 Å². The maximum atomic E-state index is 4.41. The van der Waals surface area contributed by atoms with Crippen molar-refractivity contribution in [1.29, 1.82) is 0 Å². The second-order valence-corrected chi connectivity index (χ2v) is 4.01. The van der Waals surface area contributed by atoms with Crippen LogP contribution in [0.1, 0.15) is 39.3 Å². The van der Waals surface area contributed by atoms with Gasteiger partial charge in [-0.15, -0.1) is 0 Å². The fraction of sp³-hybridized carbons (Fsp3) is 0.778. The first-order valence-corrected chi connectivity index (χ1v) is 4.38. The lowest BCUT2D eigenvalue weighted by Crippen LogP contribution is -2.24. The minimum absolute atomic E-state index is 0.0461. The van der Waals surface area contributed by atoms with Gasteiger partial charge in [-0.05, 0) is 27.7 Å². The molecule has 0 aliphatic carbocycles. The smallest absolute Gasteiger partial charge is 0.150 e. The van der Waals surface area contributed by atoms with Gasteiger partial charge in [0.1, 0.15) is 5.82 Å². The summed E-state index contributed by atoms with van der Waals surface area (Å²) in [5.74, 6) is 1.93. The van der Waals surface area contributed by atoms with Crippen LogP contribution < -0.4 is 0 Å². The maximum Gasteiger partial charge on any atom is 0.150 e. The first kappa shape index (κ1) is 9.23. The third kappa shape index (κ3) is 1.65. The molecule has 0 saturated carbocycles. The van der Waals surface area contributed by atoms with E-state index < -0.39 is 0 Å². The van der Waals surface area contributed by atoms with E-state index in [2.05, 4.69) is 37.8 Å². The molecule has 3 heteroatoms. The van der Waals surface area contributed by atoms with Crippen LogP contribution in [-0.4, -0.2) is 14.8 Å². The van der Waals surface area contributed by atoms with Gasteiger partial charge in [0.15, 0.2) is 5.82 Å². The first-order chi connectivity index (χ1) is 5.45. The van der Waals surface area contributed by atoms with Crippen molar-refractivity contribution in [3.63, 3.8) is 0 Å². The Bertz CT molecular complexity index is 268. The molecule has 0 aliphatic heterocycles. The monoisotopic (exact) mass is 167 g/mol. The normalized spacial score (nSPS) is 12.1. The molecule has 0 fully saturated rings. The van der Waals surface area contributed by atoms with Gasteiger partial charge in [-0.2, -0.15) is 5.10 Å². The summed E-state index contributed by atoms with van der Waals surface area (Å²) in [7, 11) is 0. The molecule has 0 unspecified atom stereocenters. The van der Waals surface area contributed by atoms with E-state index in [1.54, 1.807) is 0 Å². The fourth-order valence-electron chi connectivity index (χ4n) is 1.23. The molecule has 0 aromatic carbocycles. The highest BCUT2D eigenvalue weighted by Gasteiger charge is 2.17. The number of hydrogen-bond acceptors (Lipinski definition) is 2. The molecule has 0 amide bonds. The largest absolute Gasteiger partial charge is 0.245 e. The van der Waals surface area contributed by atoms with Crippen LogP contribution in [0.2, 0.25) is 0 Å². The van der Waals surface area contributed by atoms with Crippen LogP contribution in [-0.2, 0) is 12.0 Å². The minimum Gasteiger partial charge on any atom is -0.245 e. The number of hydrogen-bond donors (Lipinski definition) is 0. The SMILES string of the molecule is CCc1nc(C)n(C(C)(C)C)n1. The molecule has 0 N–H and O–H groups in total. The number of aromatic nitrogens is 3. The maximum absolute atomic E-state index is 4.41. The Morgan fingerprint density at radius 2 is 1.92 bits per heavy atom. The van der Waals surface area contributed by atoms with Gasteiger partial charge in [-0.25, -0.2) is 9.67 Å². The van der Waals surface area contributed by atoms with Crippen LogP contribution in [0.3, 0.4) is 0 Å². The zero-order valence-electron chi connectivity index (χ0n) is 8.55. The molecule has 0 aliphatic rings. The highest BCUT2D eigenvalue weighted by Crippen LogP contribution is 2.14. The van der Waals surface area contributed by atoms with Crippen molar-refractivity contribution in [1.82, 2.24) is 14.8 Å². The van der Waals surface area contributed by atoms with Crippen LogP contribution in [0.25, 0.3) is 0 Å². The zero-order chi connectivity index (χ0) is 9.35. The fourth-order valence-corrected chi connectivity index (χ4v) is 1.23. The van der Waals surface area contributed by atoms with Crippen molar-refractivity contribution in [2.45, 2.75) is 46.6 Å². The molecule has 1 rings (SSSR count). The quantitative estimate of drug-likeness (QED) is 0.639. The topological polar surface area (TPSA) is 30.7 Å². The van der Waals surface area contributed by atoms with Crippen LogP contribution >= 0.6 is 0 Å². The molecule has 0 bridgehead atoms. The average molecular weight is 167 g/mol. The number of nitrogens with zero attached hydrogens (tertiary/aromatic N) is 3. The van der Waals surface area contributed by atoms with Gasteiger partial charge in [0.2, 0.25) is 0 Å². The van der Waals surface area contributed by atoms with Crippen molar-refractivity contribution >= 4 is 0 Å². The van der Waals surface area contributed by atoms with Crippen molar-refractivity contribution in [3.05, 3.63) is 11.6 Å². The van der Waals surface area contributed by atoms with Crippen molar-refractivity contribution in [2.24, 2.45) is 0 Å². The Hall–Kier alpha value is -0.860. The third-order valence-corrected chi connectivity index (χ3v) is 1.76. The van der Waals surface area contributed by atoms with E-state index >= 15 is 0 Å². The van der Waals surface area contributed by atoms with Gasteiger partial charge in [0.25, 0.3) is 0 Å². The molecule has 1 heterocycles. The van der Waals surface area contributed by atoms with Gasteiger partial charge < -0.3 is 0 Å². The second kappa shape index (κ2) is 2.88. The summed E-state index contributed by atoms with van der Waals surface area (Å²) in [5, 5.41) is 4.41. The Labute approximate surface area is 73.8 Å². The Morgan fingerprint density at radius 3 is 2.17 bits per heavy atom. The van der Waals surface area contributed by atoms with Crippen molar-refractivity contribution in [3.8, 4) is 0 Å². The lowest BCUT2D eigenvalue weighted by molar-refractivity contribution is 0.344. The van der Waals surface area contributed by atoms with Gasteiger partial charge in [-0.3, -0.25) is 0 Å². The van der Waals surface area contributed by atoms with E-state index in [9.17, 15) is 0 Å². The minimum atomic E-state index is 0.0461. The van der Waals surface area contributed by atoms with Gasteiger partial charge >= 0.3 is 0 Å². The highest BCUT2D eigenvalue weighted by atomic mass is 15.4. The van der Waals surface area contributed by atoms with E-state index in [4.69, 9.17) is 0 Å². The number of rotatable bonds is 1. The van der Waals surface area contributed by atoms with Crippen molar-refractivity contribution in [2.75, 3.05) is 0 Å². The summed E-state index contributed by atoms with van der Waals surface area (Å²) in [6.45, 7) is 10.5. The summed E-state index contributed by atoms with van der Waals surface area (Å²) < 4.78 is 1.98. The molecule has 1 aromatic rings. The molecule has 3 nitrogen and oxygen atoms in total. The summed E-state index contributed by atoms with van der Waals surface area (Å²) in [6, 6.07) is 0. The zero-order valence-corrected chi connectivity index (χ0v) is 8.55. The molecule has 0 radical (unpaired) electrons. The first-order valence-electron chi connectivity index (χ1n) is 4.38. The van der Waals surface area contributed by atoms with Gasteiger partial charge in [0, 0.05) is 6.42 Å². The summed E-state index contributed by atoms with van der Waals surface area (Å²) in [5.41, 5.74) is 0.0461. The van der Waals surface area contributed by atoms with E-state index in [1.807, 2.05) is 11.6 Å². The van der Waals surface area contributed by atoms with Crippen molar-refractivity contribution < 1.29 is 0 Å². The standard InChI is InChI=1S/C9H17N3/c1-6-8-10-7(2)12(11-8)9(3,4)5/h6H2,1-5H3. The summed E-state index contributed by atoms with van der Waals surface area (Å²) in [4.78, 5) is 4.35.